The lowest BCUT2D eigenvalue weighted by molar-refractivity contribution is 0.164. The van der Waals surface area contributed by atoms with Crippen molar-refractivity contribution in [2.45, 2.75) is 17.9 Å². The summed E-state index contributed by atoms with van der Waals surface area (Å²) in [7, 11) is -3.24. The van der Waals surface area contributed by atoms with Crippen LogP contribution in [0.25, 0.3) is 0 Å². The molecule has 0 aromatic heterocycles. The van der Waals surface area contributed by atoms with Gasteiger partial charge in [-0.25, -0.2) is 8.42 Å². The van der Waals surface area contributed by atoms with Crippen molar-refractivity contribution in [3.63, 3.8) is 0 Å². The van der Waals surface area contributed by atoms with E-state index in [1.54, 1.807) is 12.1 Å². The summed E-state index contributed by atoms with van der Waals surface area (Å²) in [5.41, 5.74) is 1.50. The third kappa shape index (κ3) is 2.08. The predicted octanol–water partition coefficient (Wildman–Crippen LogP) is 1.33. The standard InChI is InChI=1S/C13H18N2O3S/c1-13-7-14-12-9(15-11(13)6-18-8-13)4-3-5-10(12)19(2,16)17/h3-5,11,14-15H,6-8H2,1-2H3. The lowest BCUT2D eigenvalue weighted by Gasteiger charge is -2.27. The minimum Gasteiger partial charge on any atom is -0.382 e. The molecule has 0 saturated carbocycles. The van der Waals surface area contributed by atoms with Crippen LogP contribution in [0.1, 0.15) is 6.92 Å². The van der Waals surface area contributed by atoms with Crippen LogP contribution in [-0.2, 0) is 14.6 Å². The quantitative estimate of drug-likeness (QED) is 0.813. The van der Waals surface area contributed by atoms with Gasteiger partial charge in [-0.3, -0.25) is 0 Å². The molecule has 2 aliphatic rings. The van der Waals surface area contributed by atoms with Gasteiger partial charge in [0.1, 0.15) is 0 Å². The van der Waals surface area contributed by atoms with Gasteiger partial charge in [-0.05, 0) is 12.1 Å². The first-order valence-electron chi connectivity index (χ1n) is 6.31. The Morgan fingerprint density at radius 3 is 2.95 bits per heavy atom. The van der Waals surface area contributed by atoms with Crippen LogP contribution in [0.15, 0.2) is 23.1 Å². The molecule has 2 aliphatic heterocycles. The van der Waals surface area contributed by atoms with Crippen LogP contribution in [0.3, 0.4) is 0 Å². The van der Waals surface area contributed by atoms with Crippen molar-refractivity contribution in [1.82, 2.24) is 0 Å². The largest absolute Gasteiger partial charge is 0.382 e. The molecule has 1 aromatic carbocycles. The molecule has 0 spiro atoms. The van der Waals surface area contributed by atoms with Crippen molar-refractivity contribution < 1.29 is 13.2 Å². The molecule has 1 aromatic rings. The molecular formula is C13H18N2O3S. The summed E-state index contributed by atoms with van der Waals surface area (Å²) in [6, 6.07) is 5.52. The smallest absolute Gasteiger partial charge is 0.177 e. The monoisotopic (exact) mass is 282 g/mol. The molecule has 5 nitrogen and oxygen atoms in total. The average molecular weight is 282 g/mol. The Kier molecular flexibility index (Phi) is 2.76. The summed E-state index contributed by atoms with van der Waals surface area (Å²) in [5.74, 6) is 0. The topological polar surface area (TPSA) is 67.4 Å². The van der Waals surface area contributed by atoms with Gasteiger partial charge in [0.05, 0.1) is 35.5 Å². The van der Waals surface area contributed by atoms with Crippen molar-refractivity contribution in [1.29, 1.82) is 0 Å². The first-order valence-corrected chi connectivity index (χ1v) is 8.20. The molecule has 2 heterocycles. The number of hydrogen-bond acceptors (Lipinski definition) is 5. The van der Waals surface area contributed by atoms with Gasteiger partial charge in [-0.15, -0.1) is 0 Å². The third-order valence-corrected chi connectivity index (χ3v) is 5.12. The number of para-hydroxylation sites is 1. The maximum atomic E-state index is 11.9. The molecule has 0 amide bonds. The van der Waals surface area contributed by atoms with Crippen molar-refractivity contribution in [3.05, 3.63) is 18.2 Å². The van der Waals surface area contributed by atoms with Gasteiger partial charge in [0.2, 0.25) is 0 Å². The van der Waals surface area contributed by atoms with E-state index in [9.17, 15) is 8.42 Å². The predicted molar refractivity (Wildman–Crippen MR) is 74.4 cm³/mol. The van der Waals surface area contributed by atoms with Crippen molar-refractivity contribution >= 4 is 21.2 Å². The molecule has 0 bridgehead atoms. The fraction of sp³-hybridized carbons (Fsp3) is 0.538. The Morgan fingerprint density at radius 1 is 1.42 bits per heavy atom. The highest BCUT2D eigenvalue weighted by Gasteiger charge is 2.42. The van der Waals surface area contributed by atoms with Crippen LogP contribution in [-0.4, -0.2) is 40.5 Å². The van der Waals surface area contributed by atoms with E-state index < -0.39 is 9.84 Å². The molecule has 3 rings (SSSR count). The Labute approximate surface area is 113 Å². The number of rotatable bonds is 1. The Hall–Kier alpha value is -1.27. The maximum absolute atomic E-state index is 11.9. The molecule has 0 radical (unpaired) electrons. The van der Waals surface area contributed by atoms with E-state index in [1.807, 2.05) is 6.07 Å². The van der Waals surface area contributed by atoms with E-state index in [0.29, 0.717) is 30.3 Å². The molecule has 1 saturated heterocycles. The maximum Gasteiger partial charge on any atom is 0.177 e. The molecule has 2 N–H and O–H groups in total. The first-order chi connectivity index (χ1) is 8.90. The number of benzene rings is 1. The molecule has 6 heteroatoms. The Balaban J connectivity index is 2.08. The number of ether oxygens (including phenoxy) is 1. The second-order valence-electron chi connectivity index (χ2n) is 5.67. The Morgan fingerprint density at radius 2 is 2.21 bits per heavy atom. The molecule has 1 fully saturated rings. The van der Waals surface area contributed by atoms with Crippen LogP contribution in [0.2, 0.25) is 0 Å². The SMILES string of the molecule is CC12CNc3c(cccc3S(C)(=O)=O)NC1COC2. The first kappa shape index (κ1) is 12.7. The summed E-state index contributed by atoms with van der Waals surface area (Å²) in [6.45, 7) is 4.18. The lowest BCUT2D eigenvalue weighted by atomic mass is 9.85. The van der Waals surface area contributed by atoms with Crippen molar-refractivity contribution in [2.24, 2.45) is 5.41 Å². The third-order valence-electron chi connectivity index (χ3n) is 3.98. The van der Waals surface area contributed by atoms with Gasteiger partial charge >= 0.3 is 0 Å². The number of fused-ring (bicyclic) bond motifs is 2. The second-order valence-corrected chi connectivity index (χ2v) is 7.65. The van der Waals surface area contributed by atoms with Gasteiger partial charge < -0.3 is 15.4 Å². The number of anilines is 2. The molecule has 104 valence electrons. The summed E-state index contributed by atoms with van der Waals surface area (Å²) < 4.78 is 29.2. The van der Waals surface area contributed by atoms with E-state index in [-0.39, 0.29) is 11.5 Å². The van der Waals surface area contributed by atoms with Gasteiger partial charge in [-0.2, -0.15) is 0 Å². The summed E-state index contributed by atoms with van der Waals surface area (Å²) in [5, 5.41) is 6.71. The lowest BCUT2D eigenvalue weighted by Crippen LogP contribution is -2.40. The van der Waals surface area contributed by atoms with Gasteiger partial charge in [0, 0.05) is 18.2 Å². The molecule has 0 aliphatic carbocycles. The molecule has 2 unspecified atom stereocenters. The van der Waals surface area contributed by atoms with Gasteiger partial charge in [-0.1, -0.05) is 13.0 Å². The molecule has 2 atom stereocenters. The second kappa shape index (κ2) is 4.11. The molecule has 19 heavy (non-hydrogen) atoms. The van der Waals surface area contributed by atoms with E-state index in [4.69, 9.17) is 4.74 Å². The fourth-order valence-electron chi connectivity index (χ4n) is 2.72. The zero-order valence-electron chi connectivity index (χ0n) is 11.1. The average Bonchev–Trinajstić information content (AvgIpc) is 2.62. The highest BCUT2D eigenvalue weighted by molar-refractivity contribution is 7.90. The van der Waals surface area contributed by atoms with Crippen LogP contribution in [0.4, 0.5) is 11.4 Å². The highest BCUT2D eigenvalue weighted by atomic mass is 32.2. The number of sulfone groups is 1. The minimum absolute atomic E-state index is 0.0200. The van der Waals surface area contributed by atoms with E-state index in [2.05, 4.69) is 17.6 Å². The van der Waals surface area contributed by atoms with Crippen LogP contribution in [0.5, 0.6) is 0 Å². The summed E-state index contributed by atoms with van der Waals surface area (Å²) in [4.78, 5) is 0.349. The number of hydrogen-bond donors (Lipinski definition) is 2. The normalized spacial score (nSPS) is 29.7. The van der Waals surface area contributed by atoms with E-state index >= 15 is 0 Å². The van der Waals surface area contributed by atoms with E-state index in [1.165, 1.54) is 6.26 Å². The van der Waals surface area contributed by atoms with Crippen LogP contribution in [0, 0.1) is 5.41 Å². The highest BCUT2D eigenvalue weighted by Crippen LogP contribution is 2.39. The van der Waals surface area contributed by atoms with Crippen molar-refractivity contribution in [2.75, 3.05) is 36.6 Å². The van der Waals surface area contributed by atoms with Crippen LogP contribution >= 0.6 is 0 Å². The van der Waals surface area contributed by atoms with Crippen LogP contribution < -0.4 is 10.6 Å². The number of nitrogens with one attached hydrogen (secondary N) is 2. The summed E-state index contributed by atoms with van der Waals surface area (Å²) >= 11 is 0. The van der Waals surface area contributed by atoms with Crippen molar-refractivity contribution in [3.8, 4) is 0 Å². The van der Waals surface area contributed by atoms with Gasteiger partial charge in [0.15, 0.2) is 9.84 Å². The zero-order valence-corrected chi connectivity index (χ0v) is 11.9. The Bertz CT molecular complexity index is 614. The zero-order chi connectivity index (χ0) is 13.7. The minimum atomic E-state index is -3.24. The van der Waals surface area contributed by atoms with E-state index in [0.717, 1.165) is 5.69 Å². The van der Waals surface area contributed by atoms with Gasteiger partial charge in [0.25, 0.3) is 0 Å². The molecular weight excluding hydrogens is 264 g/mol. The fourth-order valence-corrected chi connectivity index (χ4v) is 3.60. The summed E-state index contributed by atoms with van der Waals surface area (Å²) in [6.07, 6.45) is 1.24.